The number of nitriles is 1. The first-order valence-corrected chi connectivity index (χ1v) is 7.23. The fraction of sp³-hybridized carbons (Fsp3) is 0.929. The van der Waals surface area contributed by atoms with Crippen molar-refractivity contribution < 1.29 is 0 Å². The zero-order valence-corrected chi connectivity index (χ0v) is 11.7. The molecule has 0 aromatic heterocycles. The average molecular weight is 250 g/mol. The third-order valence-electron chi connectivity index (χ3n) is 4.25. The molecular weight excluding hydrogens is 224 g/mol. The molecule has 1 unspecified atom stereocenters. The van der Waals surface area contributed by atoms with Gasteiger partial charge in [0, 0.05) is 18.6 Å². The van der Waals surface area contributed by atoms with Crippen molar-refractivity contribution >= 4 is 0 Å². The molecule has 1 atom stereocenters. The van der Waals surface area contributed by atoms with Crippen LogP contribution in [0.1, 0.15) is 32.1 Å². The molecule has 0 amide bonds. The first kappa shape index (κ1) is 13.8. The molecule has 102 valence electrons. The molecule has 1 saturated heterocycles. The maximum absolute atomic E-state index is 9.12. The van der Waals surface area contributed by atoms with Gasteiger partial charge in [0.15, 0.2) is 0 Å². The van der Waals surface area contributed by atoms with Gasteiger partial charge in [-0.05, 0) is 59.3 Å². The Labute approximate surface area is 111 Å². The first-order chi connectivity index (χ1) is 8.69. The van der Waals surface area contributed by atoms with E-state index in [0.717, 1.165) is 13.0 Å². The predicted octanol–water partition coefficient (Wildman–Crippen LogP) is 1.05. The zero-order valence-electron chi connectivity index (χ0n) is 11.7. The van der Waals surface area contributed by atoms with Gasteiger partial charge in [0.2, 0.25) is 0 Å². The third-order valence-corrected chi connectivity index (χ3v) is 4.25. The van der Waals surface area contributed by atoms with Crippen LogP contribution >= 0.6 is 0 Å². The number of rotatable bonds is 6. The summed E-state index contributed by atoms with van der Waals surface area (Å²) < 4.78 is 0. The molecule has 1 heterocycles. The number of piperidine rings is 1. The Morgan fingerprint density at radius 1 is 1.33 bits per heavy atom. The predicted molar refractivity (Wildman–Crippen MR) is 73.3 cm³/mol. The number of hydrogen-bond acceptors (Lipinski definition) is 4. The highest BCUT2D eigenvalue weighted by Crippen LogP contribution is 2.20. The van der Waals surface area contributed by atoms with E-state index in [1.165, 1.54) is 38.8 Å². The summed E-state index contributed by atoms with van der Waals surface area (Å²) in [6.45, 7) is 3.44. The van der Waals surface area contributed by atoms with Gasteiger partial charge in [-0.15, -0.1) is 0 Å². The van der Waals surface area contributed by atoms with E-state index in [1.807, 2.05) is 0 Å². The van der Waals surface area contributed by atoms with Crippen LogP contribution in [0.3, 0.4) is 0 Å². The number of nitrogens with zero attached hydrogens (tertiary/aromatic N) is 3. The Balaban J connectivity index is 1.66. The second-order valence-electron chi connectivity index (χ2n) is 5.93. The van der Waals surface area contributed by atoms with Crippen molar-refractivity contribution in [2.45, 2.75) is 50.2 Å². The molecule has 0 radical (unpaired) electrons. The van der Waals surface area contributed by atoms with Crippen LogP contribution < -0.4 is 5.32 Å². The lowest BCUT2D eigenvalue weighted by Gasteiger charge is -2.35. The lowest BCUT2D eigenvalue weighted by molar-refractivity contribution is 0.141. The standard InChI is InChI=1S/C14H26N4/c1-17-8-6-14(7-9-17)18(2)10-5-13(11-15)16-12-3-4-12/h12-14,16H,3-10H2,1-2H3. The molecule has 1 aliphatic heterocycles. The molecule has 18 heavy (non-hydrogen) atoms. The van der Waals surface area contributed by atoms with E-state index in [1.54, 1.807) is 0 Å². The Morgan fingerprint density at radius 3 is 2.56 bits per heavy atom. The van der Waals surface area contributed by atoms with Gasteiger partial charge < -0.3 is 9.80 Å². The number of hydrogen-bond donors (Lipinski definition) is 1. The topological polar surface area (TPSA) is 42.3 Å². The van der Waals surface area contributed by atoms with Crippen LogP contribution in [-0.4, -0.2) is 61.7 Å². The summed E-state index contributed by atoms with van der Waals surface area (Å²) >= 11 is 0. The van der Waals surface area contributed by atoms with E-state index >= 15 is 0 Å². The van der Waals surface area contributed by atoms with Crippen molar-refractivity contribution in [3.8, 4) is 6.07 Å². The van der Waals surface area contributed by atoms with Crippen molar-refractivity contribution in [3.05, 3.63) is 0 Å². The summed E-state index contributed by atoms with van der Waals surface area (Å²) in [4.78, 5) is 4.85. The van der Waals surface area contributed by atoms with Crippen molar-refractivity contribution in [3.63, 3.8) is 0 Å². The normalized spacial score (nSPS) is 24.1. The summed E-state index contributed by atoms with van der Waals surface area (Å²) in [7, 11) is 4.41. The van der Waals surface area contributed by atoms with E-state index < -0.39 is 0 Å². The van der Waals surface area contributed by atoms with Gasteiger partial charge in [-0.2, -0.15) is 5.26 Å². The van der Waals surface area contributed by atoms with Gasteiger partial charge in [0.1, 0.15) is 0 Å². The molecule has 0 spiro atoms. The lowest BCUT2D eigenvalue weighted by Crippen LogP contribution is -2.43. The number of likely N-dealkylation sites (tertiary alicyclic amines) is 1. The SMILES string of the molecule is CN1CCC(N(C)CCC(C#N)NC2CC2)CC1. The summed E-state index contributed by atoms with van der Waals surface area (Å²) in [6.07, 6.45) is 5.99. The summed E-state index contributed by atoms with van der Waals surface area (Å²) in [5.74, 6) is 0. The highest BCUT2D eigenvalue weighted by Gasteiger charge is 2.25. The molecule has 1 saturated carbocycles. The van der Waals surface area contributed by atoms with Crippen LogP contribution in [0.5, 0.6) is 0 Å². The molecule has 0 aromatic rings. The van der Waals surface area contributed by atoms with Crippen molar-refractivity contribution in [1.29, 1.82) is 5.26 Å². The fourth-order valence-electron chi connectivity index (χ4n) is 2.67. The molecule has 2 aliphatic rings. The molecule has 0 aromatic carbocycles. The van der Waals surface area contributed by atoms with Gasteiger partial charge in [-0.3, -0.25) is 5.32 Å². The third kappa shape index (κ3) is 4.24. The molecule has 0 bridgehead atoms. The van der Waals surface area contributed by atoms with Crippen molar-refractivity contribution in [1.82, 2.24) is 15.1 Å². The van der Waals surface area contributed by atoms with Crippen LogP contribution in [0.4, 0.5) is 0 Å². The maximum atomic E-state index is 9.12. The van der Waals surface area contributed by atoms with E-state index in [4.69, 9.17) is 5.26 Å². The Kier molecular flexibility index (Phi) is 4.99. The fourth-order valence-corrected chi connectivity index (χ4v) is 2.67. The van der Waals surface area contributed by atoms with Gasteiger partial charge in [0.25, 0.3) is 0 Å². The Morgan fingerprint density at radius 2 is 2.00 bits per heavy atom. The van der Waals surface area contributed by atoms with Crippen molar-refractivity contribution in [2.75, 3.05) is 33.7 Å². The smallest absolute Gasteiger partial charge is 0.0967 e. The van der Waals surface area contributed by atoms with Crippen LogP contribution in [0, 0.1) is 11.3 Å². The minimum atomic E-state index is 0.0474. The minimum Gasteiger partial charge on any atom is -0.306 e. The quantitative estimate of drug-likeness (QED) is 0.765. The molecule has 2 rings (SSSR count). The van der Waals surface area contributed by atoms with Gasteiger partial charge in [-0.25, -0.2) is 0 Å². The van der Waals surface area contributed by atoms with Crippen molar-refractivity contribution in [2.24, 2.45) is 0 Å². The highest BCUT2D eigenvalue weighted by molar-refractivity contribution is 4.96. The minimum absolute atomic E-state index is 0.0474. The van der Waals surface area contributed by atoms with Crippen LogP contribution in [0.25, 0.3) is 0 Å². The van der Waals surface area contributed by atoms with Gasteiger partial charge in [-0.1, -0.05) is 0 Å². The van der Waals surface area contributed by atoms with Gasteiger partial charge in [0.05, 0.1) is 12.1 Å². The van der Waals surface area contributed by atoms with E-state index in [2.05, 4.69) is 35.3 Å². The molecule has 4 heteroatoms. The second kappa shape index (κ2) is 6.51. The Bertz CT molecular complexity index is 287. The van der Waals surface area contributed by atoms with Gasteiger partial charge >= 0.3 is 0 Å². The maximum Gasteiger partial charge on any atom is 0.0967 e. The highest BCUT2D eigenvalue weighted by atomic mass is 15.2. The lowest BCUT2D eigenvalue weighted by atomic mass is 10.0. The first-order valence-electron chi connectivity index (χ1n) is 7.23. The summed E-state index contributed by atoms with van der Waals surface area (Å²) in [5, 5.41) is 12.5. The second-order valence-corrected chi connectivity index (χ2v) is 5.93. The number of nitrogens with one attached hydrogen (secondary N) is 1. The monoisotopic (exact) mass is 250 g/mol. The van der Waals surface area contributed by atoms with Crippen LogP contribution in [-0.2, 0) is 0 Å². The zero-order chi connectivity index (χ0) is 13.0. The molecule has 1 aliphatic carbocycles. The molecule has 4 nitrogen and oxygen atoms in total. The molecular formula is C14H26N4. The van der Waals surface area contributed by atoms with Crippen LogP contribution in [0.2, 0.25) is 0 Å². The molecule has 2 fully saturated rings. The van der Waals surface area contributed by atoms with E-state index in [-0.39, 0.29) is 6.04 Å². The summed E-state index contributed by atoms with van der Waals surface area (Å²) in [5.41, 5.74) is 0. The average Bonchev–Trinajstić information content (AvgIpc) is 3.18. The Hall–Kier alpha value is -0.630. The largest absolute Gasteiger partial charge is 0.306 e. The van der Waals surface area contributed by atoms with E-state index in [9.17, 15) is 0 Å². The van der Waals surface area contributed by atoms with Crippen LogP contribution in [0.15, 0.2) is 0 Å². The summed E-state index contributed by atoms with van der Waals surface area (Å²) in [6, 6.07) is 3.78. The van der Waals surface area contributed by atoms with E-state index in [0.29, 0.717) is 12.1 Å². The molecule has 1 N–H and O–H groups in total.